The van der Waals surface area contributed by atoms with Gasteiger partial charge in [-0.25, -0.2) is 4.52 Å². The highest BCUT2D eigenvalue weighted by Gasteiger charge is 2.16. The minimum atomic E-state index is 0.0214. The molecule has 1 aliphatic heterocycles. The molecule has 5 heteroatoms. The lowest BCUT2D eigenvalue weighted by molar-refractivity contribution is 0.0254. The monoisotopic (exact) mass is 260 g/mol. The maximum atomic E-state index is 11.4. The van der Waals surface area contributed by atoms with Gasteiger partial charge in [0.05, 0.1) is 36.7 Å². The van der Waals surface area contributed by atoms with Gasteiger partial charge in [-0.05, 0) is 19.1 Å². The van der Waals surface area contributed by atoms with Gasteiger partial charge < -0.3 is 9.47 Å². The average molecular weight is 260 g/mol. The number of pyridine rings is 1. The number of ketones is 1. The number of carbonyl (C=O) groups excluding carboxylic acids is 1. The van der Waals surface area contributed by atoms with E-state index in [4.69, 9.17) is 9.47 Å². The molecule has 5 nitrogen and oxygen atoms in total. The van der Waals surface area contributed by atoms with E-state index in [0.29, 0.717) is 5.56 Å². The molecule has 1 fully saturated rings. The fourth-order valence-electron chi connectivity index (χ4n) is 2.29. The maximum absolute atomic E-state index is 11.4. The van der Waals surface area contributed by atoms with Gasteiger partial charge >= 0.3 is 0 Å². The first-order chi connectivity index (χ1) is 9.24. The van der Waals surface area contributed by atoms with Crippen LogP contribution < -0.4 is 4.74 Å². The lowest BCUT2D eigenvalue weighted by Gasteiger charge is -2.23. The third-order valence-corrected chi connectivity index (χ3v) is 3.34. The molecule has 0 radical (unpaired) electrons. The molecule has 3 heterocycles. The van der Waals surface area contributed by atoms with Gasteiger partial charge in [0.25, 0.3) is 0 Å². The molecule has 1 saturated heterocycles. The molecule has 0 N–H and O–H groups in total. The zero-order valence-electron chi connectivity index (χ0n) is 10.8. The number of hydrogen-bond acceptors (Lipinski definition) is 4. The summed E-state index contributed by atoms with van der Waals surface area (Å²) >= 11 is 0. The second-order valence-corrected chi connectivity index (χ2v) is 4.74. The second-order valence-electron chi connectivity index (χ2n) is 4.74. The predicted molar refractivity (Wildman–Crippen MR) is 69.7 cm³/mol. The SMILES string of the molecule is CC(=O)c1cnn2cc(OC3CCOCC3)ccc12. The molecule has 2 aromatic rings. The molecular formula is C14H16N2O3. The molecule has 0 aromatic carbocycles. The Bertz CT molecular complexity index is 600. The van der Waals surface area contributed by atoms with Crippen molar-refractivity contribution < 1.29 is 14.3 Å². The molecule has 0 atom stereocenters. The topological polar surface area (TPSA) is 52.8 Å². The summed E-state index contributed by atoms with van der Waals surface area (Å²) in [7, 11) is 0. The van der Waals surface area contributed by atoms with Crippen molar-refractivity contribution in [2.75, 3.05) is 13.2 Å². The van der Waals surface area contributed by atoms with Gasteiger partial charge in [0, 0.05) is 12.8 Å². The van der Waals surface area contributed by atoms with Crippen molar-refractivity contribution in [1.82, 2.24) is 9.61 Å². The van der Waals surface area contributed by atoms with Gasteiger partial charge in [-0.1, -0.05) is 0 Å². The Morgan fingerprint density at radius 1 is 1.42 bits per heavy atom. The van der Waals surface area contributed by atoms with Crippen LogP contribution in [0.1, 0.15) is 30.1 Å². The molecule has 100 valence electrons. The minimum Gasteiger partial charge on any atom is -0.489 e. The van der Waals surface area contributed by atoms with Crippen LogP contribution in [0.25, 0.3) is 5.52 Å². The van der Waals surface area contributed by atoms with E-state index < -0.39 is 0 Å². The lowest BCUT2D eigenvalue weighted by atomic mass is 10.1. The quantitative estimate of drug-likeness (QED) is 0.793. The zero-order chi connectivity index (χ0) is 13.2. The molecule has 2 aromatic heterocycles. The van der Waals surface area contributed by atoms with E-state index in [1.165, 1.54) is 0 Å². The molecule has 3 rings (SSSR count). The van der Waals surface area contributed by atoms with Crippen LogP contribution in [0.2, 0.25) is 0 Å². The van der Waals surface area contributed by atoms with Gasteiger partial charge in [-0.15, -0.1) is 0 Å². The summed E-state index contributed by atoms with van der Waals surface area (Å²) in [5.41, 5.74) is 1.45. The van der Waals surface area contributed by atoms with Crippen molar-refractivity contribution in [2.24, 2.45) is 0 Å². The molecule has 0 bridgehead atoms. The number of aromatic nitrogens is 2. The van der Waals surface area contributed by atoms with Crippen molar-refractivity contribution >= 4 is 11.3 Å². The van der Waals surface area contributed by atoms with E-state index in [0.717, 1.165) is 37.3 Å². The standard InChI is InChI=1S/C14H16N2O3/c1-10(17)13-8-15-16-9-12(2-3-14(13)16)19-11-4-6-18-7-5-11/h2-3,8-9,11H,4-7H2,1H3. The van der Waals surface area contributed by atoms with Crippen molar-refractivity contribution in [1.29, 1.82) is 0 Å². The van der Waals surface area contributed by atoms with Gasteiger partial charge in [0.15, 0.2) is 5.78 Å². The number of fused-ring (bicyclic) bond motifs is 1. The Morgan fingerprint density at radius 3 is 2.95 bits per heavy atom. The van der Waals surface area contributed by atoms with Crippen LogP contribution >= 0.6 is 0 Å². The smallest absolute Gasteiger partial charge is 0.163 e. The Balaban J connectivity index is 1.83. The number of ether oxygens (including phenoxy) is 2. The van der Waals surface area contributed by atoms with Crippen molar-refractivity contribution in [3.05, 3.63) is 30.1 Å². The van der Waals surface area contributed by atoms with Crippen molar-refractivity contribution in [3.8, 4) is 5.75 Å². The summed E-state index contributed by atoms with van der Waals surface area (Å²) < 4.78 is 12.9. The molecule has 0 aliphatic carbocycles. The largest absolute Gasteiger partial charge is 0.489 e. The van der Waals surface area contributed by atoms with Crippen LogP contribution in [-0.4, -0.2) is 34.7 Å². The van der Waals surface area contributed by atoms with E-state index >= 15 is 0 Å². The highest BCUT2D eigenvalue weighted by molar-refractivity contribution is 6.00. The van der Waals surface area contributed by atoms with Gasteiger partial charge in [0.2, 0.25) is 0 Å². The second kappa shape index (κ2) is 5.01. The fraction of sp³-hybridized carbons (Fsp3) is 0.429. The van der Waals surface area contributed by atoms with E-state index in [2.05, 4.69) is 5.10 Å². The van der Waals surface area contributed by atoms with Gasteiger partial charge in [-0.3, -0.25) is 4.79 Å². The van der Waals surface area contributed by atoms with Crippen LogP contribution in [-0.2, 0) is 4.74 Å². The van der Waals surface area contributed by atoms with Crippen molar-refractivity contribution in [3.63, 3.8) is 0 Å². The summed E-state index contributed by atoms with van der Waals surface area (Å²) in [4.78, 5) is 11.4. The maximum Gasteiger partial charge on any atom is 0.163 e. The average Bonchev–Trinajstić information content (AvgIpc) is 2.83. The van der Waals surface area contributed by atoms with Crippen molar-refractivity contribution in [2.45, 2.75) is 25.9 Å². The number of hydrogen-bond donors (Lipinski definition) is 0. The summed E-state index contributed by atoms with van der Waals surface area (Å²) in [5, 5.41) is 4.18. The minimum absolute atomic E-state index is 0.0214. The highest BCUT2D eigenvalue weighted by Crippen LogP contribution is 2.20. The molecule has 19 heavy (non-hydrogen) atoms. The van der Waals surface area contributed by atoms with Crippen LogP contribution in [0.4, 0.5) is 0 Å². The molecule has 0 amide bonds. The highest BCUT2D eigenvalue weighted by atomic mass is 16.5. The van der Waals surface area contributed by atoms with Gasteiger partial charge in [-0.2, -0.15) is 5.10 Å². The molecule has 0 spiro atoms. The molecule has 0 saturated carbocycles. The lowest BCUT2D eigenvalue weighted by Crippen LogP contribution is -2.25. The first kappa shape index (κ1) is 12.2. The number of carbonyl (C=O) groups is 1. The Hall–Kier alpha value is -1.88. The Morgan fingerprint density at radius 2 is 2.21 bits per heavy atom. The third-order valence-electron chi connectivity index (χ3n) is 3.34. The Labute approximate surface area is 111 Å². The summed E-state index contributed by atoms with van der Waals surface area (Å²) in [5.74, 6) is 0.797. The van der Waals surface area contributed by atoms with Crippen LogP contribution in [0.5, 0.6) is 5.75 Å². The predicted octanol–water partition coefficient (Wildman–Crippen LogP) is 2.09. The summed E-state index contributed by atoms with van der Waals surface area (Å²) in [6.07, 6.45) is 5.44. The fourth-order valence-corrected chi connectivity index (χ4v) is 2.29. The van der Waals surface area contributed by atoms with E-state index in [1.807, 2.05) is 18.3 Å². The summed E-state index contributed by atoms with van der Waals surface area (Å²) in [6, 6.07) is 3.76. The first-order valence-electron chi connectivity index (χ1n) is 6.47. The molecular weight excluding hydrogens is 244 g/mol. The Kier molecular flexibility index (Phi) is 3.21. The van der Waals surface area contributed by atoms with E-state index in [1.54, 1.807) is 17.6 Å². The summed E-state index contributed by atoms with van der Waals surface area (Å²) in [6.45, 7) is 3.05. The number of rotatable bonds is 3. The zero-order valence-corrected chi connectivity index (χ0v) is 10.8. The first-order valence-corrected chi connectivity index (χ1v) is 6.47. The third kappa shape index (κ3) is 2.46. The van der Waals surface area contributed by atoms with Crippen LogP contribution in [0, 0.1) is 0 Å². The molecule has 1 aliphatic rings. The van der Waals surface area contributed by atoms with Crippen LogP contribution in [0.3, 0.4) is 0 Å². The number of Topliss-reactive ketones (excluding diaryl/α,β-unsaturated/α-hetero) is 1. The van der Waals surface area contributed by atoms with E-state index in [9.17, 15) is 4.79 Å². The van der Waals surface area contributed by atoms with E-state index in [-0.39, 0.29) is 11.9 Å². The van der Waals surface area contributed by atoms with Gasteiger partial charge in [0.1, 0.15) is 11.9 Å². The molecule has 0 unspecified atom stereocenters. The number of nitrogens with zero attached hydrogens (tertiary/aromatic N) is 2. The normalized spacial score (nSPS) is 16.7. The van der Waals surface area contributed by atoms with Crippen LogP contribution in [0.15, 0.2) is 24.5 Å².